The Labute approximate surface area is 170 Å². The molecule has 0 N–H and O–H groups in total. The van der Waals surface area contributed by atoms with Crippen LogP contribution in [0.1, 0.15) is 19.7 Å². The Morgan fingerprint density at radius 3 is 2.48 bits per heavy atom. The Hall–Kier alpha value is -3.34. The average molecular weight is 387 g/mol. The van der Waals surface area contributed by atoms with Crippen LogP contribution in [-0.4, -0.2) is 33.4 Å². The zero-order valence-corrected chi connectivity index (χ0v) is 16.8. The molecule has 4 rings (SSSR count). The highest BCUT2D eigenvalue weighted by Gasteiger charge is 2.17. The van der Waals surface area contributed by atoms with E-state index in [9.17, 15) is 4.79 Å². The van der Waals surface area contributed by atoms with Crippen LogP contribution in [0.4, 0.5) is 0 Å². The van der Waals surface area contributed by atoms with Crippen LogP contribution in [0.2, 0.25) is 0 Å². The molecule has 0 radical (unpaired) electrons. The third-order valence-electron chi connectivity index (χ3n) is 5.23. The van der Waals surface area contributed by atoms with Crippen molar-refractivity contribution in [3.63, 3.8) is 0 Å². The van der Waals surface area contributed by atoms with Crippen molar-refractivity contribution in [2.75, 3.05) is 13.1 Å². The molecule has 0 unspecified atom stereocenters. The molecule has 0 aliphatic heterocycles. The molecule has 5 nitrogen and oxygen atoms in total. The fourth-order valence-electron chi connectivity index (χ4n) is 3.63. The van der Waals surface area contributed by atoms with Crippen molar-refractivity contribution in [3.05, 3.63) is 72.6 Å². The number of imidazole rings is 1. The first kappa shape index (κ1) is 19.0. The minimum absolute atomic E-state index is 0.0881. The van der Waals surface area contributed by atoms with E-state index in [4.69, 9.17) is 9.72 Å². The van der Waals surface area contributed by atoms with Crippen LogP contribution >= 0.6 is 0 Å². The molecule has 3 aromatic carbocycles. The summed E-state index contributed by atoms with van der Waals surface area (Å²) in [6.45, 7) is 5.96. The molecule has 1 heterocycles. The lowest BCUT2D eigenvalue weighted by Crippen LogP contribution is -2.33. The van der Waals surface area contributed by atoms with E-state index in [0.29, 0.717) is 19.7 Å². The van der Waals surface area contributed by atoms with E-state index in [2.05, 4.69) is 18.2 Å². The Morgan fingerprint density at radius 2 is 1.69 bits per heavy atom. The van der Waals surface area contributed by atoms with E-state index in [1.54, 1.807) is 0 Å². The number of para-hydroxylation sites is 2. The maximum Gasteiger partial charge on any atom is 0.242 e. The lowest BCUT2D eigenvalue weighted by Gasteiger charge is -2.20. The maximum atomic E-state index is 12.7. The summed E-state index contributed by atoms with van der Waals surface area (Å²) in [6, 6.07) is 22.1. The molecule has 1 aromatic heterocycles. The summed E-state index contributed by atoms with van der Waals surface area (Å²) in [4.78, 5) is 19.3. The first-order valence-corrected chi connectivity index (χ1v) is 10.0. The van der Waals surface area contributed by atoms with Crippen molar-refractivity contribution in [1.29, 1.82) is 0 Å². The second-order valence-electron chi connectivity index (χ2n) is 6.97. The molecular weight excluding hydrogens is 362 g/mol. The van der Waals surface area contributed by atoms with E-state index >= 15 is 0 Å². The average Bonchev–Trinajstić information content (AvgIpc) is 3.10. The van der Waals surface area contributed by atoms with Gasteiger partial charge in [-0.1, -0.05) is 42.5 Å². The molecule has 5 heteroatoms. The van der Waals surface area contributed by atoms with Crippen LogP contribution < -0.4 is 4.74 Å². The quantitative estimate of drug-likeness (QED) is 0.464. The standard InChI is InChI=1S/C24H25N3O2/c1-3-26(4-2)24(28)16-27-22-12-8-7-11-21(22)25-23(27)17-29-20-14-13-18-9-5-6-10-19(18)15-20/h5-15H,3-4,16-17H2,1-2H3. The molecule has 1 amide bonds. The summed E-state index contributed by atoms with van der Waals surface area (Å²) >= 11 is 0. The highest BCUT2D eigenvalue weighted by atomic mass is 16.5. The van der Waals surface area contributed by atoms with E-state index in [-0.39, 0.29) is 12.5 Å². The van der Waals surface area contributed by atoms with Crippen molar-refractivity contribution in [1.82, 2.24) is 14.5 Å². The number of fused-ring (bicyclic) bond motifs is 2. The predicted molar refractivity (Wildman–Crippen MR) is 116 cm³/mol. The maximum absolute atomic E-state index is 12.7. The third-order valence-corrected chi connectivity index (χ3v) is 5.23. The van der Waals surface area contributed by atoms with Gasteiger partial charge in [0.15, 0.2) is 0 Å². The van der Waals surface area contributed by atoms with E-state index in [0.717, 1.165) is 28.0 Å². The van der Waals surface area contributed by atoms with Crippen LogP contribution in [0.5, 0.6) is 5.75 Å². The van der Waals surface area contributed by atoms with Gasteiger partial charge in [0.05, 0.1) is 11.0 Å². The van der Waals surface area contributed by atoms with Gasteiger partial charge in [0.2, 0.25) is 5.91 Å². The van der Waals surface area contributed by atoms with Crippen molar-refractivity contribution in [2.24, 2.45) is 0 Å². The SMILES string of the molecule is CCN(CC)C(=O)Cn1c(COc2ccc3ccccc3c2)nc2ccccc21. The summed E-state index contributed by atoms with van der Waals surface area (Å²) in [5.41, 5.74) is 1.82. The smallest absolute Gasteiger partial charge is 0.242 e. The molecule has 0 saturated heterocycles. The van der Waals surface area contributed by atoms with Gasteiger partial charge in [0.1, 0.15) is 24.7 Å². The van der Waals surface area contributed by atoms with Crippen molar-refractivity contribution in [3.8, 4) is 5.75 Å². The largest absolute Gasteiger partial charge is 0.486 e. The van der Waals surface area contributed by atoms with Crippen LogP contribution in [0.3, 0.4) is 0 Å². The first-order chi connectivity index (χ1) is 14.2. The van der Waals surface area contributed by atoms with Gasteiger partial charge < -0.3 is 14.2 Å². The lowest BCUT2D eigenvalue weighted by molar-refractivity contribution is -0.131. The highest BCUT2D eigenvalue weighted by Crippen LogP contribution is 2.22. The number of benzene rings is 3. The van der Waals surface area contributed by atoms with Crippen molar-refractivity contribution in [2.45, 2.75) is 27.0 Å². The molecule has 0 fully saturated rings. The summed E-state index contributed by atoms with van der Waals surface area (Å²) in [5, 5.41) is 2.31. The highest BCUT2D eigenvalue weighted by molar-refractivity contribution is 5.84. The van der Waals surface area contributed by atoms with Gasteiger partial charge in [-0.05, 0) is 48.9 Å². The van der Waals surface area contributed by atoms with E-state index in [1.807, 2.05) is 71.8 Å². The number of hydrogen-bond acceptors (Lipinski definition) is 3. The number of carbonyl (C=O) groups is 1. The molecular formula is C24H25N3O2. The topological polar surface area (TPSA) is 47.4 Å². The molecule has 0 aliphatic rings. The zero-order valence-electron chi connectivity index (χ0n) is 16.8. The molecule has 0 bridgehead atoms. The molecule has 0 atom stereocenters. The second kappa shape index (κ2) is 8.35. The molecule has 0 aliphatic carbocycles. The van der Waals surface area contributed by atoms with Gasteiger partial charge in [-0.2, -0.15) is 0 Å². The van der Waals surface area contributed by atoms with Crippen molar-refractivity contribution >= 4 is 27.7 Å². The number of nitrogens with zero attached hydrogens (tertiary/aromatic N) is 3. The van der Waals surface area contributed by atoms with Crippen LogP contribution in [0.15, 0.2) is 66.7 Å². The van der Waals surface area contributed by atoms with E-state index < -0.39 is 0 Å². The van der Waals surface area contributed by atoms with Gasteiger partial charge >= 0.3 is 0 Å². The molecule has 0 spiro atoms. The van der Waals surface area contributed by atoms with Gasteiger partial charge in [-0.25, -0.2) is 4.98 Å². The summed E-state index contributed by atoms with van der Waals surface area (Å²) < 4.78 is 8.03. The van der Waals surface area contributed by atoms with Gasteiger partial charge in [0, 0.05) is 13.1 Å². The number of ether oxygens (including phenoxy) is 1. The Bertz CT molecular complexity index is 1150. The molecule has 4 aromatic rings. The fraction of sp³-hybridized carbons (Fsp3) is 0.250. The minimum atomic E-state index is 0.0881. The predicted octanol–water partition coefficient (Wildman–Crippen LogP) is 4.64. The van der Waals surface area contributed by atoms with Gasteiger partial charge in [-0.3, -0.25) is 4.79 Å². The summed E-state index contributed by atoms with van der Waals surface area (Å²) in [7, 11) is 0. The minimum Gasteiger partial charge on any atom is -0.486 e. The second-order valence-corrected chi connectivity index (χ2v) is 6.97. The molecule has 0 saturated carbocycles. The first-order valence-electron chi connectivity index (χ1n) is 10.0. The van der Waals surface area contributed by atoms with Crippen molar-refractivity contribution < 1.29 is 9.53 Å². The number of rotatable bonds is 7. The van der Waals surface area contributed by atoms with Gasteiger partial charge in [-0.15, -0.1) is 0 Å². The van der Waals surface area contributed by atoms with Crippen LogP contribution in [0, 0.1) is 0 Å². The zero-order chi connectivity index (χ0) is 20.2. The van der Waals surface area contributed by atoms with Crippen LogP contribution in [0.25, 0.3) is 21.8 Å². The van der Waals surface area contributed by atoms with Gasteiger partial charge in [0.25, 0.3) is 0 Å². The fourth-order valence-corrected chi connectivity index (χ4v) is 3.63. The number of likely N-dealkylation sites (N-methyl/N-ethyl adjacent to an activating group) is 1. The lowest BCUT2D eigenvalue weighted by atomic mass is 10.1. The Balaban J connectivity index is 1.61. The Kier molecular flexibility index (Phi) is 5.47. The summed E-state index contributed by atoms with van der Waals surface area (Å²) in [5.74, 6) is 1.63. The number of aromatic nitrogens is 2. The normalized spacial score (nSPS) is 11.1. The number of amides is 1. The molecule has 29 heavy (non-hydrogen) atoms. The Morgan fingerprint density at radius 1 is 0.966 bits per heavy atom. The third kappa shape index (κ3) is 3.94. The monoisotopic (exact) mass is 387 g/mol. The van der Waals surface area contributed by atoms with E-state index in [1.165, 1.54) is 5.39 Å². The van der Waals surface area contributed by atoms with Crippen LogP contribution in [-0.2, 0) is 17.9 Å². The number of carbonyl (C=O) groups excluding carboxylic acids is 1. The number of hydrogen-bond donors (Lipinski definition) is 0. The molecule has 148 valence electrons. The summed E-state index contributed by atoms with van der Waals surface area (Å²) in [6.07, 6.45) is 0.